The van der Waals surface area contributed by atoms with Crippen molar-refractivity contribution in [2.75, 3.05) is 13.7 Å². The second kappa shape index (κ2) is 7.87. The van der Waals surface area contributed by atoms with Crippen LogP contribution in [0.25, 0.3) is 11.0 Å². The number of nitrogens with zero attached hydrogens (tertiary/aromatic N) is 5. The van der Waals surface area contributed by atoms with Gasteiger partial charge < -0.3 is 14.1 Å². The lowest BCUT2D eigenvalue weighted by atomic mass is 10.1. The maximum Gasteiger partial charge on any atom is 0.255 e. The molecule has 1 atom stereocenters. The molecular weight excluding hydrogens is 406 g/mol. The molecule has 1 aromatic carbocycles. The summed E-state index contributed by atoms with van der Waals surface area (Å²) in [6, 6.07) is 11.7. The van der Waals surface area contributed by atoms with Gasteiger partial charge in [-0.05, 0) is 25.5 Å². The van der Waals surface area contributed by atoms with Crippen molar-refractivity contribution in [3.05, 3.63) is 76.3 Å². The van der Waals surface area contributed by atoms with Gasteiger partial charge in [-0.2, -0.15) is 5.10 Å². The Bertz CT molecular complexity index is 1310. The van der Waals surface area contributed by atoms with Gasteiger partial charge in [0.15, 0.2) is 11.8 Å². The molecule has 0 spiro atoms. The maximum atomic E-state index is 13.5. The van der Waals surface area contributed by atoms with Crippen LogP contribution in [0.2, 0.25) is 0 Å². The first kappa shape index (κ1) is 20.4. The van der Waals surface area contributed by atoms with E-state index in [0.717, 1.165) is 39.4 Å². The predicted octanol–water partition coefficient (Wildman–Crippen LogP) is 3.51. The highest BCUT2D eigenvalue weighted by molar-refractivity contribution is 6.06. The number of hydrogen-bond acceptors (Lipinski definition) is 6. The van der Waals surface area contributed by atoms with Crippen LogP contribution in [0, 0.1) is 13.8 Å². The fourth-order valence-corrected chi connectivity index (χ4v) is 4.42. The first-order valence-corrected chi connectivity index (χ1v) is 10.6. The summed E-state index contributed by atoms with van der Waals surface area (Å²) in [6.07, 6.45) is 0.227. The molecule has 164 valence electrons. The van der Waals surface area contributed by atoms with Crippen molar-refractivity contribution in [3.63, 3.8) is 0 Å². The molecule has 0 saturated carbocycles. The highest BCUT2D eigenvalue weighted by atomic mass is 16.5. The molecule has 1 unspecified atom stereocenters. The summed E-state index contributed by atoms with van der Waals surface area (Å²) >= 11 is 0. The van der Waals surface area contributed by atoms with Crippen molar-refractivity contribution in [1.82, 2.24) is 24.6 Å². The normalized spacial score (nSPS) is 14.6. The highest BCUT2D eigenvalue weighted by Crippen LogP contribution is 2.30. The fourth-order valence-electron chi connectivity index (χ4n) is 4.42. The minimum atomic E-state index is -0.383. The third-order valence-electron chi connectivity index (χ3n) is 5.92. The number of oxazole rings is 1. The van der Waals surface area contributed by atoms with Crippen molar-refractivity contribution >= 4 is 16.9 Å². The number of aromatic nitrogens is 4. The minimum absolute atomic E-state index is 0.0434. The number of fused-ring (bicyclic) bond motifs is 2. The average molecular weight is 431 g/mol. The second-order valence-electron chi connectivity index (χ2n) is 8.14. The SMILES string of the molecule is COC(c1ccccc1)c1nc2c(o1)CCN(C(=O)c1cc(C)nc3c1c(C)nn3C)C2. The van der Waals surface area contributed by atoms with Gasteiger partial charge >= 0.3 is 0 Å². The van der Waals surface area contributed by atoms with E-state index in [0.29, 0.717) is 31.0 Å². The van der Waals surface area contributed by atoms with Crippen molar-refractivity contribution in [3.8, 4) is 0 Å². The number of carbonyl (C=O) groups is 1. The molecule has 0 saturated heterocycles. The molecule has 1 amide bonds. The molecule has 3 aromatic heterocycles. The summed E-state index contributed by atoms with van der Waals surface area (Å²) in [7, 11) is 3.49. The van der Waals surface area contributed by atoms with Crippen LogP contribution < -0.4 is 0 Å². The predicted molar refractivity (Wildman–Crippen MR) is 118 cm³/mol. The molecule has 4 aromatic rings. The van der Waals surface area contributed by atoms with Gasteiger partial charge in [0, 0.05) is 32.8 Å². The molecule has 1 aliphatic rings. The number of methoxy groups -OCH3 is 1. The van der Waals surface area contributed by atoms with E-state index < -0.39 is 0 Å². The fraction of sp³-hybridized carbons (Fsp3) is 0.333. The summed E-state index contributed by atoms with van der Waals surface area (Å²) in [5, 5.41) is 5.26. The molecule has 0 fully saturated rings. The van der Waals surface area contributed by atoms with Crippen LogP contribution in [0.1, 0.15) is 50.8 Å². The van der Waals surface area contributed by atoms with Crippen molar-refractivity contribution in [2.45, 2.75) is 32.9 Å². The van der Waals surface area contributed by atoms with Crippen LogP contribution in [-0.4, -0.2) is 44.2 Å². The molecule has 5 rings (SSSR count). The van der Waals surface area contributed by atoms with E-state index >= 15 is 0 Å². The zero-order valence-corrected chi connectivity index (χ0v) is 18.6. The highest BCUT2D eigenvalue weighted by Gasteiger charge is 2.30. The van der Waals surface area contributed by atoms with Crippen LogP contribution in [0.4, 0.5) is 0 Å². The number of ether oxygens (including phenoxy) is 1. The Kier molecular flexibility index (Phi) is 5.01. The molecule has 8 nitrogen and oxygen atoms in total. The van der Waals surface area contributed by atoms with E-state index in [-0.39, 0.29) is 12.0 Å². The van der Waals surface area contributed by atoms with Gasteiger partial charge in [-0.3, -0.25) is 9.48 Å². The van der Waals surface area contributed by atoms with Gasteiger partial charge in [0.25, 0.3) is 5.91 Å². The Morgan fingerprint density at radius 2 is 1.97 bits per heavy atom. The smallest absolute Gasteiger partial charge is 0.255 e. The van der Waals surface area contributed by atoms with Gasteiger partial charge in [0.1, 0.15) is 11.5 Å². The Balaban J connectivity index is 1.45. The molecule has 8 heteroatoms. The topological polar surface area (TPSA) is 86.3 Å². The van der Waals surface area contributed by atoms with Gasteiger partial charge in [0.2, 0.25) is 5.89 Å². The standard InChI is InChI=1S/C24H25N5O3/c1-14-12-17(20-15(2)27-28(3)22(20)25-14)24(30)29-11-10-19-18(13-29)26-23(32-19)21(31-4)16-8-6-5-7-9-16/h5-9,12,21H,10-11,13H2,1-4H3. The summed E-state index contributed by atoms with van der Waals surface area (Å²) in [5.74, 6) is 1.29. The number of rotatable bonds is 4. The van der Waals surface area contributed by atoms with Gasteiger partial charge in [0.05, 0.1) is 23.2 Å². The summed E-state index contributed by atoms with van der Waals surface area (Å²) in [4.78, 5) is 24.6. The molecule has 0 aliphatic carbocycles. The van der Waals surface area contributed by atoms with Gasteiger partial charge in [-0.15, -0.1) is 0 Å². The molecule has 1 aliphatic heterocycles. The molecule has 0 N–H and O–H groups in total. The molecule has 32 heavy (non-hydrogen) atoms. The third-order valence-corrected chi connectivity index (χ3v) is 5.92. The van der Waals surface area contributed by atoms with Crippen LogP contribution in [0.15, 0.2) is 40.8 Å². The third kappa shape index (κ3) is 3.36. The second-order valence-corrected chi connectivity index (χ2v) is 8.14. The molecular formula is C24H25N5O3. The van der Waals surface area contributed by atoms with Crippen LogP contribution >= 0.6 is 0 Å². The molecule has 4 heterocycles. The van der Waals surface area contributed by atoms with Crippen molar-refractivity contribution in [2.24, 2.45) is 7.05 Å². The van der Waals surface area contributed by atoms with E-state index in [1.54, 1.807) is 11.8 Å². The van der Waals surface area contributed by atoms with E-state index in [4.69, 9.17) is 14.1 Å². The lowest BCUT2D eigenvalue weighted by Crippen LogP contribution is -2.36. The lowest BCUT2D eigenvalue weighted by Gasteiger charge is -2.25. The first-order valence-electron chi connectivity index (χ1n) is 10.6. The zero-order chi connectivity index (χ0) is 22.4. The minimum Gasteiger partial charge on any atom is -0.442 e. The Labute approximate surface area is 185 Å². The summed E-state index contributed by atoms with van der Waals surface area (Å²) in [6.45, 7) is 4.75. The van der Waals surface area contributed by atoms with E-state index in [1.165, 1.54) is 0 Å². The number of amides is 1. The molecule has 0 radical (unpaired) electrons. The maximum absolute atomic E-state index is 13.5. The van der Waals surface area contributed by atoms with Crippen LogP contribution in [0.5, 0.6) is 0 Å². The Morgan fingerprint density at radius 1 is 1.19 bits per heavy atom. The van der Waals surface area contributed by atoms with Crippen molar-refractivity contribution < 1.29 is 13.9 Å². The monoisotopic (exact) mass is 431 g/mol. The van der Waals surface area contributed by atoms with Gasteiger partial charge in [-0.25, -0.2) is 9.97 Å². The van der Waals surface area contributed by atoms with E-state index in [9.17, 15) is 4.79 Å². The number of aryl methyl sites for hydroxylation is 3. The summed E-state index contributed by atoms with van der Waals surface area (Å²) < 4.78 is 13.5. The Hall–Kier alpha value is -3.52. The number of carbonyl (C=O) groups excluding carboxylic acids is 1. The zero-order valence-electron chi connectivity index (χ0n) is 18.6. The van der Waals surface area contributed by atoms with Crippen LogP contribution in [-0.2, 0) is 24.8 Å². The van der Waals surface area contributed by atoms with Crippen LogP contribution in [0.3, 0.4) is 0 Å². The van der Waals surface area contributed by atoms with Gasteiger partial charge in [-0.1, -0.05) is 30.3 Å². The Morgan fingerprint density at radius 3 is 2.72 bits per heavy atom. The number of pyridine rings is 1. The largest absolute Gasteiger partial charge is 0.442 e. The van der Waals surface area contributed by atoms with Crippen molar-refractivity contribution in [1.29, 1.82) is 0 Å². The molecule has 0 bridgehead atoms. The summed E-state index contributed by atoms with van der Waals surface area (Å²) in [5.41, 5.74) is 4.69. The quantitative estimate of drug-likeness (QED) is 0.492. The number of benzene rings is 1. The van der Waals surface area contributed by atoms with E-state index in [1.807, 2.05) is 62.2 Å². The lowest BCUT2D eigenvalue weighted by molar-refractivity contribution is 0.0728. The number of hydrogen-bond donors (Lipinski definition) is 0. The first-order chi connectivity index (χ1) is 15.5. The average Bonchev–Trinajstić information content (AvgIpc) is 3.33. The van der Waals surface area contributed by atoms with E-state index in [2.05, 4.69) is 10.1 Å².